The van der Waals surface area contributed by atoms with E-state index < -0.39 is 9.52 Å². The average molecular weight is 522 g/mol. The second-order valence-corrected chi connectivity index (χ2v) is 12.0. The van der Waals surface area contributed by atoms with Crippen LogP contribution in [0.2, 0.25) is 0 Å². The summed E-state index contributed by atoms with van der Waals surface area (Å²) in [6.07, 6.45) is 3.09. The normalized spacial score (nSPS) is 12.5. The van der Waals surface area contributed by atoms with E-state index in [0.29, 0.717) is 11.3 Å². The zero-order valence-electron chi connectivity index (χ0n) is 24.0. The maximum atomic E-state index is 12.9. The van der Waals surface area contributed by atoms with E-state index >= 15 is 0 Å². The molecule has 4 aromatic rings. The molecule has 2 heterocycles. The third-order valence-corrected chi connectivity index (χ3v) is 8.26. The van der Waals surface area contributed by atoms with Crippen molar-refractivity contribution in [3.63, 3.8) is 0 Å². The Morgan fingerprint density at radius 3 is 2.32 bits per heavy atom. The molecule has 2 aromatic heterocycles. The average Bonchev–Trinajstić information content (AvgIpc) is 3.25. The number of nitrogens with zero attached hydrogens (tertiary/aromatic N) is 2. The lowest BCUT2D eigenvalue weighted by atomic mass is 9.92. The molecule has 5 nitrogen and oxygen atoms in total. The van der Waals surface area contributed by atoms with Gasteiger partial charge in [0.15, 0.2) is 5.78 Å². The van der Waals surface area contributed by atoms with Crippen LogP contribution in [0.15, 0.2) is 47.5 Å². The van der Waals surface area contributed by atoms with Crippen molar-refractivity contribution >= 4 is 43.1 Å². The lowest BCUT2D eigenvalue weighted by Crippen LogP contribution is -2.11. The van der Waals surface area contributed by atoms with Gasteiger partial charge in [-0.1, -0.05) is 39.8 Å². The first-order valence-corrected chi connectivity index (χ1v) is 14.9. The van der Waals surface area contributed by atoms with Crippen molar-refractivity contribution in [2.24, 2.45) is 0 Å². The lowest BCUT2D eigenvalue weighted by Gasteiger charge is -2.13. The van der Waals surface area contributed by atoms with E-state index in [-0.39, 0.29) is 5.78 Å². The standard InChI is InChI=1S/C24H24N2O2S.C5H13N.C2H6/c1-6-29(5,28)18-9-7-8-17(11-18)20-12-19(16(4)27)15(3)23-22(20)21-10-14(2)13-25-24(21)26-23;1-4-5-6(2)3;1-2/h7-13H,5-6H2,1-4H3,(H,25,26);4-5H2,1-3H3;1-2H3. The quantitative estimate of drug-likeness (QED) is 0.214. The summed E-state index contributed by atoms with van der Waals surface area (Å²) < 4.78 is 12.9. The number of rotatable bonds is 6. The van der Waals surface area contributed by atoms with Gasteiger partial charge >= 0.3 is 0 Å². The van der Waals surface area contributed by atoms with Gasteiger partial charge in [0.25, 0.3) is 0 Å². The summed E-state index contributed by atoms with van der Waals surface area (Å²) in [5.41, 5.74) is 6.21. The van der Waals surface area contributed by atoms with Crippen LogP contribution < -0.4 is 0 Å². The minimum Gasteiger partial charge on any atom is -0.339 e. The Morgan fingerprint density at radius 2 is 1.78 bits per heavy atom. The molecule has 0 radical (unpaired) electrons. The molecule has 0 saturated heterocycles. The Hall–Kier alpha value is -2.96. The predicted octanol–water partition coefficient (Wildman–Crippen LogP) is 7.28. The molecule has 2 aromatic carbocycles. The summed E-state index contributed by atoms with van der Waals surface area (Å²) in [6, 6.07) is 11.8. The fraction of sp³-hybridized carbons (Fsp3) is 0.387. The Balaban J connectivity index is 0.000000531. The summed E-state index contributed by atoms with van der Waals surface area (Å²) in [5.74, 6) is 4.42. The maximum Gasteiger partial charge on any atom is 0.160 e. The van der Waals surface area contributed by atoms with Crippen LogP contribution in [0.4, 0.5) is 0 Å². The number of aromatic amines is 1. The first kappa shape index (κ1) is 30.3. The molecule has 1 unspecified atom stereocenters. The molecular formula is C31H43N3O2S. The maximum absolute atomic E-state index is 12.9. The van der Waals surface area contributed by atoms with Gasteiger partial charge in [0.2, 0.25) is 0 Å². The fourth-order valence-corrected chi connectivity index (χ4v) is 5.30. The van der Waals surface area contributed by atoms with Gasteiger partial charge in [-0.3, -0.25) is 9.00 Å². The van der Waals surface area contributed by atoms with Crippen LogP contribution in [0.1, 0.15) is 62.5 Å². The van der Waals surface area contributed by atoms with Gasteiger partial charge in [-0.25, -0.2) is 4.98 Å². The monoisotopic (exact) mass is 521 g/mol. The minimum absolute atomic E-state index is 0.0131. The van der Waals surface area contributed by atoms with Crippen LogP contribution in [0, 0.1) is 13.8 Å². The smallest absolute Gasteiger partial charge is 0.160 e. The molecule has 0 aliphatic rings. The van der Waals surface area contributed by atoms with E-state index in [1.165, 1.54) is 13.0 Å². The second kappa shape index (κ2) is 13.0. The number of benzene rings is 2. The zero-order chi connectivity index (χ0) is 27.9. The van der Waals surface area contributed by atoms with E-state index in [1.54, 1.807) is 6.92 Å². The zero-order valence-corrected chi connectivity index (χ0v) is 24.8. The van der Waals surface area contributed by atoms with Gasteiger partial charge in [-0.2, -0.15) is 0 Å². The summed E-state index contributed by atoms with van der Waals surface area (Å²) >= 11 is 0. The molecule has 0 amide bonds. The molecule has 1 N–H and O–H groups in total. The molecule has 0 bridgehead atoms. The Bertz CT molecular complexity index is 1480. The summed E-state index contributed by atoms with van der Waals surface area (Å²) in [5, 5.41) is 2.05. The number of aromatic nitrogens is 2. The molecule has 0 saturated carbocycles. The highest BCUT2D eigenvalue weighted by molar-refractivity contribution is 8.00. The van der Waals surface area contributed by atoms with E-state index in [9.17, 15) is 9.00 Å². The third-order valence-electron chi connectivity index (χ3n) is 6.22. The van der Waals surface area contributed by atoms with Crippen LogP contribution in [-0.4, -0.2) is 57.1 Å². The highest BCUT2D eigenvalue weighted by Crippen LogP contribution is 2.38. The first-order chi connectivity index (χ1) is 17.5. The molecule has 1 atom stereocenters. The van der Waals surface area contributed by atoms with Crippen molar-refractivity contribution in [2.75, 3.05) is 26.4 Å². The molecule has 0 aliphatic heterocycles. The molecule has 6 heteroatoms. The highest BCUT2D eigenvalue weighted by Gasteiger charge is 2.19. The SMILES string of the molecule is C=S(=O)(CC)c1cccc(-c2cc(C(C)=O)c(C)c3[nH]c4ncc(C)cc4c23)c1.CC.CCCN(C)C. The fourth-order valence-electron chi connectivity index (χ4n) is 4.30. The minimum atomic E-state index is -2.34. The number of aryl methyl sites for hydroxylation is 2. The number of ketones is 1. The number of pyridine rings is 1. The number of carbonyl (C=O) groups excluding carboxylic acids is 1. The lowest BCUT2D eigenvalue weighted by molar-refractivity contribution is 0.101. The van der Waals surface area contributed by atoms with Crippen molar-refractivity contribution in [2.45, 2.75) is 59.8 Å². The van der Waals surface area contributed by atoms with E-state index in [0.717, 1.165) is 49.1 Å². The van der Waals surface area contributed by atoms with Gasteiger partial charge in [0, 0.05) is 33.2 Å². The molecule has 0 fully saturated rings. The van der Waals surface area contributed by atoms with Crippen molar-refractivity contribution in [1.29, 1.82) is 0 Å². The van der Waals surface area contributed by atoms with Gasteiger partial charge in [0.1, 0.15) is 5.65 Å². The van der Waals surface area contributed by atoms with Crippen molar-refractivity contribution < 1.29 is 9.00 Å². The number of Topliss-reactive ketones (excluding diaryl/α,β-unsaturated/α-hetero) is 1. The molecule has 0 spiro atoms. The molecule has 37 heavy (non-hydrogen) atoms. The van der Waals surface area contributed by atoms with Crippen LogP contribution in [0.5, 0.6) is 0 Å². The van der Waals surface area contributed by atoms with E-state index in [1.807, 2.05) is 71.1 Å². The number of carbonyl (C=O) groups is 1. The van der Waals surface area contributed by atoms with Crippen LogP contribution in [0.25, 0.3) is 33.1 Å². The van der Waals surface area contributed by atoms with Gasteiger partial charge in [-0.15, -0.1) is 0 Å². The number of fused-ring (bicyclic) bond motifs is 3. The van der Waals surface area contributed by atoms with Gasteiger partial charge in [-0.05, 0) is 110 Å². The largest absolute Gasteiger partial charge is 0.339 e. The number of nitrogens with one attached hydrogen (secondary N) is 1. The molecule has 0 aliphatic carbocycles. The van der Waals surface area contributed by atoms with Crippen molar-refractivity contribution in [3.05, 3.63) is 59.3 Å². The number of hydrogen-bond acceptors (Lipinski definition) is 4. The summed E-state index contributed by atoms with van der Waals surface area (Å²) in [4.78, 5) is 23.2. The number of H-pyrrole nitrogens is 1. The van der Waals surface area contributed by atoms with Gasteiger partial charge < -0.3 is 9.88 Å². The van der Waals surface area contributed by atoms with Gasteiger partial charge in [0.05, 0.1) is 5.52 Å². The number of hydrogen-bond donors (Lipinski definition) is 1. The third kappa shape index (κ3) is 6.88. The van der Waals surface area contributed by atoms with Crippen LogP contribution >= 0.6 is 0 Å². The highest BCUT2D eigenvalue weighted by atomic mass is 32.2. The predicted molar refractivity (Wildman–Crippen MR) is 163 cm³/mol. The van der Waals surface area contributed by atoms with E-state index in [4.69, 9.17) is 0 Å². The van der Waals surface area contributed by atoms with Crippen molar-refractivity contribution in [1.82, 2.24) is 14.9 Å². The van der Waals surface area contributed by atoms with Crippen LogP contribution in [-0.2, 0) is 9.52 Å². The Labute approximate surface area is 223 Å². The first-order valence-electron chi connectivity index (χ1n) is 13.0. The second-order valence-electron chi connectivity index (χ2n) is 9.37. The van der Waals surface area contributed by atoms with Crippen molar-refractivity contribution in [3.8, 4) is 11.1 Å². The Kier molecular flexibility index (Phi) is 10.6. The molecule has 4 rings (SSSR count). The van der Waals surface area contributed by atoms with Crippen LogP contribution in [0.3, 0.4) is 0 Å². The van der Waals surface area contributed by atoms with E-state index in [2.05, 4.69) is 47.8 Å². The summed E-state index contributed by atoms with van der Waals surface area (Å²) in [7, 11) is 1.83. The molecule has 200 valence electrons. The topological polar surface area (TPSA) is 66.1 Å². The Morgan fingerprint density at radius 1 is 1.11 bits per heavy atom. The summed E-state index contributed by atoms with van der Waals surface area (Å²) in [6.45, 7) is 14.8. The molecular weight excluding hydrogens is 478 g/mol.